The van der Waals surface area contributed by atoms with Crippen LogP contribution in [0.5, 0.6) is 0 Å². The van der Waals surface area contributed by atoms with Crippen molar-refractivity contribution in [2.24, 2.45) is 0 Å². The fraction of sp³-hybridized carbons (Fsp3) is 0.857. The highest BCUT2D eigenvalue weighted by Crippen LogP contribution is 2.27. The zero-order valence-corrected chi connectivity index (χ0v) is 14.5. The number of sulfonamides is 1. The zero-order chi connectivity index (χ0) is 16.7. The van der Waals surface area contributed by atoms with Gasteiger partial charge < -0.3 is 14.0 Å². The van der Waals surface area contributed by atoms with Crippen molar-refractivity contribution in [3.8, 4) is 0 Å². The van der Waals surface area contributed by atoms with Crippen molar-refractivity contribution in [1.82, 2.24) is 14.4 Å². The summed E-state index contributed by atoms with van der Waals surface area (Å²) >= 11 is 0. The van der Waals surface area contributed by atoms with Gasteiger partial charge >= 0.3 is 0 Å². The standard InChI is InChI=1S/C14H25N3O5S/c1-3-10-23(18,19)17-6-4-12(5-7-17)14-15-13(22-16-14)11-21-9-8-20-2/h12H,3-11H2,1-2H3. The summed E-state index contributed by atoms with van der Waals surface area (Å²) in [6, 6.07) is 0. The Hall–Kier alpha value is -1.03. The number of ether oxygens (including phenoxy) is 2. The molecule has 1 aromatic rings. The van der Waals surface area contributed by atoms with E-state index in [2.05, 4.69) is 10.1 Å². The van der Waals surface area contributed by atoms with Crippen LogP contribution in [-0.2, 0) is 26.1 Å². The molecule has 1 aliphatic heterocycles. The number of nitrogens with zero attached hydrogens (tertiary/aromatic N) is 3. The Kier molecular flexibility index (Phi) is 6.94. The molecule has 0 spiro atoms. The minimum Gasteiger partial charge on any atom is -0.382 e. The molecular formula is C14H25N3O5S. The molecule has 0 aromatic carbocycles. The van der Waals surface area contributed by atoms with Crippen LogP contribution in [-0.4, -0.2) is 62.0 Å². The molecule has 0 N–H and O–H groups in total. The fourth-order valence-electron chi connectivity index (χ4n) is 2.57. The number of piperidine rings is 1. The van der Waals surface area contributed by atoms with Crippen molar-refractivity contribution >= 4 is 10.0 Å². The van der Waals surface area contributed by atoms with Gasteiger partial charge in [-0.15, -0.1) is 0 Å². The highest BCUT2D eigenvalue weighted by molar-refractivity contribution is 7.89. The van der Waals surface area contributed by atoms with Gasteiger partial charge in [-0.1, -0.05) is 12.1 Å². The quantitative estimate of drug-likeness (QED) is 0.618. The van der Waals surface area contributed by atoms with E-state index in [9.17, 15) is 8.42 Å². The van der Waals surface area contributed by atoms with E-state index in [0.717, 1.165) is 0 Å². The van der Waals surface area contributed by atoms with E-state index < -0.39 is 10.0 Å². The molecule has 2 rings (SSSR count). The molecule has 0 atom stereocenters. The molecule has 0 unspecified atom stereocenters. The van der Waals surface area contributed by atoms with Gasteiger partial charge in [-0.3, -0.25) is 0 Å². The zero-order valence-electron chi connectivity index (χ0n) is 13.7. The van der Waals surface area contributed by atoms with Crippen molar-refractivity contribution in [2.75, 3.05) is 39.2 Å². The van der Waals surface area contributed by atoms with Crippen molar-refractivity contribution in [3.05, 3.63) is 11.7 Å². The van der Waals surface area contributed by atoms with Crippen LogP contribution in [0, 0.1) is 0 Å². The van der Waals surface area contributed by atoms with Crippen molar-refractivity contribution < 1.29 is 22.4 Å². The Morgan fingerprint density at radius 2 is 2.04 bits per heavy atom. The van der Waals surface area contributed by atoms with Gasteiger partial charge in [-0.25, -0.2) is 12.7 Å². The predicted molar refractivity (Wildman–Crippen MR) is 83.5 cm³/mol. The van der Waals surface area contributed by atoms with E-state index >= 15 is 0 Å². The number of hydrogen-bond acceptors (Lipinski definition) is 7. The van der Waals surface area contributed by atoms with Gasteiger partial charge in [-0.05, 0) is 19.3 Å². The molecule has 1 fully saturated rings. The van der Waals surface area contributed by atoms with E-state index in [1.165, 1.54) is 0 Å². The molecule has 1 aliphatic rings. The predicted octanol–water partition coefficient (Wildman–Crippen LogP) is 1.15. The summed E-state index contributed by atoms with van der Waals surface area (Å²) in [6.45, 7) is 4.16. The van der Waals surface area contributed by atoms with Gasteiger partial charge in [0.2, 0.25) is 10.0 Å². The van der Waals surface area contributed by atoms with E-state index in [1.54, 1.807) is 11.4 Å². The van der Waals surface area contributed by atoms with Crippen LogP contribution in [0.25, 0.3) is 0 Å². The lowest BCUT2D eigenvalue weighted by Gasteiger charge is -2.29. The molecule has 0 saturated carbocycles. The third kappa shape index (κ3) is 5.23. The maximum absolute atomic E-state index is 12.1. The minimum atomic E-state index is -3.11. The van der Waals surface area contributed by atoms with E-state index in [-0.39, 0.29) is 18.3 Å². The highest BCUT2D eigenvalue weighted by atomic mass is 32.2. The number of rotatable bonds is 9. The molecular weight excluding hydrogens is 322 g/mol. The summed E-state index contributed by atoms with van der Waals surface area (Å²) in [6.07, 6.45) is 2.07. The fourth-order valence-corrected chi connectivity index (χ4v) is 4.11. The largest absolute Gasteiger partial charge is 0.382 e. The van der Waals surface area contributed by atoms with E-state index in [4.69, 9.17) is 14.0 Å². The molecule has 1 saturated heterocycles. The van der Waals surface area contributed by atoms with Gasteiger partial charge in [0.25, 0.3) is 5.89 Å². The Bertz CT molecular complexity index is 567. The Labute approximate surface area is 137 Å². The van der Waals surface area contributed by atoms with Crippen LogP contribution >= 0.6 is 0 Å². The summed E-state index contributed by atoms with van der Waals surface area (Å²) in [5, 5.41) is 4.00. The summed E-state index contributed by atoms with van der Waals surface area (Å²) in [5.41, 5.74) is 0. The number of aromatic nitrogens is 2. The second-order valence-corrected chi connectivity index (χ2v) is 7.67. The molecule has 9 heteroatoms. The molecule has 0 bridgehead atoms. The molecule has 8 nitrogen and oxygen atoms in total. The first-order valence-corrected chi connectivity index (χ1v) is 9.54. The average molecular weight is 347 g/mol. The SMILES string of the molecule is CCCS(=O)(=O)N1CCC(c2noc(COCCOC)n2)CC1. The van der Waals surface area contributed by atoms with Gasteiger partial charge in [0.05, 0.1) is 19.0 Å². The Morgan fingerprint density at radius 1 is 1.30 bits per heavy atom. The summed E-state index contributed by atoms with van der Waals surface area (Å²) in [7, 11) is -1.50. The summed E-state index contributed by atoms with van der Waals surface area (Å²) < 4.78 is 41.1. The van der Waals surface area contributed by atoms with Gasteiger partial charge in [0, 0.05) is 26.1 Å². The van der Waals surface area contributed by atoms with Crippen LogP contribution in [0.2, 0.25) is 0 Å². The maximum atomic E-state index is 12.1. The lowest BCUT2D eigenvalue weighted by Crippen LogP contribution is -2.39. The van der Waals surface area contributed by atoms with E-state index in [1.807, 2.05) is 6.92 Å². The third-order valence-electron chi connectivity index (χ3n) is 3.82. The van der Waals surface area contributed by atoms with Crippen LogP contribution in [0.3, 0.4) is 0 Å². The molecule has 2 heterocycles. The first-order valence-electron chi connectivity index (χ1n) is 7.93. The smallest absolute Gasteiger partial charge is 0.252 e. The Balaban J connectivity index is 1.82. The molecule has 23 heavy (non-hydrogen) atoms. The minimum absolute atomic E-state index is 0.138. The van der Waals surface area contributed by atoms with Gasteiger partial charge in [0.15, 0.2) is 5.82 Å². The summed E-state index contributed by atoms with van der Waals surface area (Å²) in [4.78, 5) is 4.34. The van der Waals surface area contributed by atoms with Crippen LogP contribution < -0.4 is 0 Å². The summed E-state index contributed by atoms with van der Waals surface area (Å²) in [5.74, 6) is 1.43. The first-order chi connectivity index (χ1) is 11.1. The topological polar surface area (TPSA) is 94.8 Å². The monoisotopic (exact) mass is 347 g/mol. The molecule has 1 aromatic heterocycles. The second kappa shape index (κ2) is 8.72. The normalized spacial score (nSPS) is 17.7. The maximum Gasteiger partial charge on any atom is 0.252 e. The van der Waals surface area contributed by atoms with Crippen LogP contribution in [0.1, 0.15) is 43.8 Å². The number of hydrogen-bond donors (Lipinski definition) is 0. The van der Waals surface area contributed by atoms with Crippen molar-refractivity contribution in [2.45, 2.75) is 38.7 Å². The second-order valence-electron chi connectivity index (χ2n) is 5.58. The van der Waals surface area contributed by atoms with Crippen molar-refractivity contribution in [3.63, 3.8) is 0 Å². The lowest BCUT2D eigenvalue weighted by atomic mass is 9.98. The van der Waals surface area contributed by atoms with E-state index in [0.29, 0.717) is 57.3 Å². The van der Waals surface area contributed by atoms with Gasteiger partial charge in [0.1, 0.15) is 6.61 Å². The number of methoxy groups -OCH3 is 1. The van der Waals surface area contributed by atoms with Crippen LogP contribution in [0.4, 0.5) is 0 Å². The molecule has 0 amide bonds. The lowest BCUT2D eigenvalue weighted by molar-refractivity contribution is 0.0494. The Morgan fingerprint density at radius 3 is 2.70 bits per heavy atom. The highest BCUT2D eigenvalue weighted by Gasteiger charge is 2.30. The average Bonchev–Trinajstić information content (AvgIpc) is 3.01. The van der Waals surface area contributed by atoms with Gasteiger partial charge in [-0.2, -0.15) is 4.98 Å². The van der Waals surface area contributed by atoms with Crippen molar-refractivity contribution in [1.29, 1.82) is 0 Å². The molecule has 0 radical (unpaired) electrons. The molecule has 132 valence electrons. The first kappa shape index (κ1) is 18.3. The molecule has 0 aliphatic carbocycles. The third-order valence-corrected chi connectivity index (χ3v) is 5.89. The van der Waals surface area contributed by atoms with Crippen LogP contribution in [0.15, 0.2) is 4.52 Å².